The highest BCUT2D eigenvalue weighted by atomic mass is 35.5. The molecule has 43 heavy (non-hydrogen) atoms. The van der Waals surface area contributed by atoms with E-state index < -0.39 is 23.7 Å². The van der Waals surface area contributed by atoms with E-state index in [0.29, 0.717) is 34.4 Å². The molecular formula is C35H27ClN2O5. The van der Waals surface area contributed by atoms with Crippen molar-refractivity contribution in [2.75, 3.05) is 10.2 Å². The Hall–Kier alpha value is -4.75. The molecule has 4 atom stereocenters. The molecule has 7 rings (SSSR count). The summed E-state index contributed by atoms with van der Waals surface area (Å²) in [6.07, 6.45) is 3.83. The van der Waals surface area contributed by atoms with Gasteiger partial charge >= 0.3 is 0 Å². The third kappa shape index (κ3) is 4.34. The molecule has 1 saturated heterocycles. The summed E-state index contributed by atoms with van der Waals surface area (Å²) in [6.45, 7) is 1.62. The van der Waals surface area contributed by atoms with Crippen LogP contribution in [0, 0.1) is 17.8 Å². The molecule has 0 saturated carbocycles. The fourth-order valence-corrected chi connectivity index (χ4v) is 7.39. The third-order valence-corrected chi connectivity index (χ3v) is 9.38. The number of fused-ring (bicyclic) bond motifs is 3. The van der Waals surface area contributed by atoms with Crippen LogP contribution in [0.2, 0.25) is 5.02 Å². The Kier molecular flexibility index (Phi) is 6.43. The minimum Gasteiger partial charge on any atom is -0.508 e. The minimum atomic E-state index is -0.683. The third-order valence-electron chi connectivity index (χ3n) is 9.05. The lowest BCUT2D eigenvalue weighted by atomic mass is 9.59. The van der Waals surface area contributed by atoms with Gasteiger partial charge in [0.25, 0.3) is 0 Å². The fraction of sp³-hybridized carbons (Fsp3) is 0.200. The predicted molar refractivity (Wildman–Crippen MR) is 163 cm³/mol. The first kappa shape index (κ1) is 27.1. The number of allylic oxidation sites excluding steroid dienone is 6. The Morgan fingerprint density at radius 3 is 2.33 bits per heavy atom. The van der Waals surface area contributed by atoms with Crippen molar-refractivity contribution in [2.24, 2.45) is 17.8 Å². The van der Waals surface area contributed by atoms with E-state index >= 15 is 0 Å². The molecule has 3 aliphatic carbocycles. The van der Waals surface area contributed by atoms with Gasteiger partial charge in [-0.05, 0) is 85.9 Å². The monoisotopic (exact) mass is 590 g/mol. The summed E-state index contributed by atoms with van der Waals surface area (Å²) in [4.78, 5) is 56.0. The Balaban J connectivity index is 1.26. The highest BCUT2D eigenvalue weighted by molar-refractivity contribution is 6.32. The zero-order chi connectivity index (χ0) is 30.0. The van der Waals surface area contributed by atoms with Crippen molar-refractivity contribution in [3.05, 3.63) is 118 Å². The number of Topliss-reactive ketones (excluding diaryl/α,β-unsaturated/α-hetero) is 1. The van der Waals surface area contributed by atoms with Gasteiger partial charge in [0.2, 0.25) is 11.8 Å². The second kappa shape index (κ2) is 10.2. The molecule has 4 aliphatic rings. The second-order valence-corrected chi connectivity index (χ2v) is 11.9. The average Bonchev–Trinajstić information content (AvgIpc) is 3.25. The number of imide groups is 1. The first-order valence-electron chi connectivity index (χ1n) is 14.2. The first-order chi connectivity index (χ1) is 20.7. The maximum Gasteiger partial charge on any atom is 0.238 e. The standard InChI is InChI=1S/C35H27ClN2O5/c1-18-15-29(40)27-17-26-23(30(32(27)33(18)41)24-12-11-22(39)16-28(24)36)13-14-25-31(26)35(43)38(34(25)42)21-9-7-20(8-10-21)37-19-5-3-2-4-6-19/h2-13,15-16,25-26,30-31,37,39H,14,17H2,1H3. The number of phenols is 1. The number of benzene rings is 3. The normalized spacial score (nSPS) is 24.7. The summed E-state index contributed by atoms with van der Waals surface area (Å²) in [7, 11) is 0. The van der Waals surface area contributed by atoms with Crippen LogP contribution in [-0.4, -0.2) is 28.5 Å². The van der Waals surface area contributed by atoms with Crippen molar-refractivity contribution in [3.63, 3.8) is 0 Å². The summed E-state index contributed by atoms with van der Waals surface area (Å²) in [6, 6.07) is 21.4. The Labute approximate surface area is 253 Å². The van der Waals surface area contributed by atoms with Gasteiger partial charge in [0, 0.05) is 39.0 Å². The maximum atomic E-state index is 14.1. The zero-order valence-corrected chi connectivity index (χ0v) is 24.0. The number of nitrogens with one attached hydrogen (secondary N) is 1. The molecule has 4 unspecified atom stereocenters. The van der Waals surface area contributed by atoms with Gasteiger partial charge in [-0.2, -0.15) is 0 Å². The smallest absolute Gasteiger partial charge is 0.238 e. The Bertz CT molecular complexity index is 1820. The van der Waals surface area contributed by atoms with Crippen molar-refractivity contribution in [3.8, 4) is 5.75 Å². The number of aromatic hydroxyl groups is 1. The van der Waals surface area contributed by atoms with E-state index in [2.05, 4.69) is 5.32 Å². The lowest BCUT2D eigenvalue weighted by Gasteiger charge is -2.42. The molecule has 7 nitrogen and oxygen atoms in total. The van der Waals surface area contributed by atoms with Gasteiger partial charge in [-0.1, -0.05) is 47.5 Å². The summed E-state index contributed by atoms with van der Waals surface area (Å²) in [5, 5.41) is 13.6. The number of hydrogen-bond donors (Lipinski definition) is 2. The number of phenolic OH excluding ortho intramolecular Hbond substituents is 1. The van der Waals surface area contributed by atoms with Crippen LogP contribution >= 0.6 is 11.6 Å². The van der Waals surface area contributed by atoms with Crippen molar-refractivity contribution >= 4 is 52.0 Å². The van der Waals surface area contributed by atoms with Crippen molar-refractivity contribution in [1.29, 1.82) is 0 Å². The van der Waals surface area contributed by atoms with E-state index in [1.807, 2.05) is 48.5 Å². The first-order valence-corrected chi connectivity index (χ1v) is 14.6. The number of carbonyl (C=O) groups is 4. The second-order valence-electron chi connectivity index (χ2n) is 11.5. The van der Waals surface area contributed by atoms with Crippen LogP contribution in [0.4, 0.5) is 17.1 Å². The van der Waals surface area contributed by atoms with Crippen molar-refractivity contribution < 1.29 is 24.3 Å². The fourth-order valence-electron chi connectivity index (χ4n) is 7.10. The number of carbonyl (C=O) groups excluding carboxylic acids is 4. The Morgan fingerprint density at radius 1 is 0.884 bits per heavy atom. The number of anilines is 3. The number of ketones is 2. The van der Waals surface area contributed by atoms with Crippen molar-refractivity contribution in [2.45, 2.75) is 25.7 Å². The molecule has 1 aliphatic heterocycles. The highest BCUT2D eigenvalue weighted by Crippen LogP contribution is 2.56. The van der Waals surface area contributed by atoms with Crippen LogP contribution in [0.5, 0.6) is 5.75 Å². The van der Waals surface area contributed by atoms with Crippen LogP contribution in [0.1, 0.15) is 31.2 Å². The Morgan fingerprint density at radius 2 is 1.60 bits per heavy atom. The predicted octanol–water partition coefficient (Wildman–Crippen LogP) is 6.42. The zero-order valence-electron chi connectivity index (χ0n) is 23.2. The van der Waals surface area contributed by atoms with E-state index in [0.717, 1.165) is 16.9 Å². The summed E-state index contributed by atoms with van der Waals surface area (Å²) in [5.74, 6) is -3.48. The van der Waals surface area contributed by atoms with Crippen molar-refractivity contribution in [1.82, 2.24) is 0 Å². The minimum absolute atomic E-state index is 0.0210. The number of para-hydroxylation sites is 1. The van der Waals surface area contributed by atoms with Gasteiger partial charge < -0.3 is 10.4 Å². The van der Waals surface area contributed by atoms with E-state index in [1.54, 1.807) is 25.1 Å². The summed E-state index contributed by atoms with van der Waals surface area (Å²) in [5.41, 5.74) is 4.70. The topological polar surface area (TPSA) is 104 Å². The number of halogens is 1. The van der Waals surface area contributed by atoms with E-state index in [1.165, 1.54) is 23.1 Å². The molecule has 0 aromatic heterocycles. The van der Waals surface area contributed by atoms with E-state index in [4.69, 9.17) is 11.6 Å². The number of hydrogen-bond acceptors (Lipinski definition) is 6. The van der Waals surface area contributed by atoms with Gasteiger partial charge in [0.1, 0.15) is 5.75 Å². The molecular weight excluding hydrogens is 564 g/mol. The quantitative estimate of drug-likeness (QED) is 0.206. The molecule has 8 heteroatoms. The molecule has 0 spiro atoms. The number of rotatable bonds is 4. The molecule has 1 fully saturated rings. The van der Waals surface area contributed by atoms with Gasteiger partial charge in [0.15, 0.2) is 11.6 Å². The van der Waals surface area contributed by atoms with Gasteiger partial charge in [0.05, 0.1) is 17.5 Å². The SMILES string of the molecule is CC1=CC(=O)C2=C(C1=O)C(c1ccc(O)cc1Cl)C1=CCC3C(=O)N(c4ccc(Nc5ccccc5)cc4)C(=O)C3C1C2. The van der Waals surface area contributed by atoms with Crippen LogP contribution < -0.4 is 10.2 Å². The lowest BCUT2D eigenvalue weighted by molar-refractivity contribution is -0.123. The lowest BCUT2D eigenvalue weighted by Crippen LogP contribution is -2.39. The molecule has 2 amide bonds. The maximum absolute atomic E-state index is 14.1. The summed E-state index contributed by atoms with van der Waals surface area (Å²) >= 11 is 6.62. The largest absolute Gasteiger partial charge is 0.508 e. The van der Waals surface area contributed by atoms with E-state index in [-0.39, 0.29) is 40.6 Å². The molecule has 1 heterocycles. The highest BCUT2D eigenvalue weighted by Gasteiger charge is 2.56. The van der Waals surface area contributed by atoms with Gasteiger partial charge in [-0.25, -0.2) is 0 Å². The van der Waals surface area contributed by atoms with Crippen LogP contribution in [0.25, 0.3) is 0 Å². The van der Waals surface area contributed by atoms with Crippen LogP contribution in [0.15, 0.2) is 107 Å². The number of nitrogens with zero attached hydrogens (tertiary/aromatic N) is 1. The molecule has 0 bridgehead atoms. The van der Waals surface area contributed by atoms with Crippen LogP contribution in [0.3, 0.4) is 0 Å². The molecule has 214 valence electrons. The molecule has 3 aromatic rings. The average molecular weight is 591 g/mol. The molecule has 0 radical (unpaired) electrons. The van der Waals surface area contributed by atoms with Gasteiger partial charge in [-0.3, -0.25) is 24.1 Å². The number of amides is 2. The molecule has 2 N–H and O–H groups in total. The van der Waals surface area contributed by atoms with E-state index in [9.17, 15) is 24.3 Å². The molecule has 3 aromatic carbocycles. The van der Waals surface area contributed by atoms with Crippen LogP contribution in [-0.2, 0) is 19.2 Å². The van der Waals surface area contributed by atoms with Gasteiger partial charge in [-0.15, -0.1) is 0 Å². The summed E-state index contributed by atoms with van der Waals surface area (Å²) < 4.78 is 0.